The van der Waals surface area contributed by atoms with E-state index in [2.05, 4.69) is 14.2 Å². The number of hydrogen-bond donors (Lipinski definition) is 0. The summed E-state index contributed by atoms with van der Waals surface area (Å²) in [6.45, 7) is 19.2. The first-order chi connectivity index (χ1) is 49.0. The van der Waals surface area contributed by atoms with E-state index in [0.717, 1.165) is 175 Å². The maximum absolute atomic E-state index is 12.8. The quantitative estimate of drug-likeness (QED) is 0.0215. The van der Waals surface area contributed by atoms with Crippen LogP contribution in [0.5, 0.6) is 0 Å². The summed E-state index contributed by atoms with van der Waals surface area (Å²) in [5.74, 6) is -4.27. The van der Waals surface area contributed by atoms with Crippen LogP contribution in [-0.4, -0.2) is 132 Å². The summed E-state index contributed by atoms with van der Waals surface area (Å²) in [6, 6.07) is 0. The van der Waals surface area contributed by atoms with Crippen LogP contribution in [0.25, 0.3) is 0 Å². The second-order valence-electron chi connectivity index (χ2n) is 29.7. The summed E-state index contributed by atoms with van der Waals surface area (Å²) < 4.78 is 177. The SMILES string of the molecule is CCC(C)(C(=O)OCOC1CCCC1)C(F)(F)F.CCC(C)(C(=O)OCOC1CCCCC1)C(F)(F)F.CCC(C)(C(=O)OCOC1CCCCCC1)C(F)(F)F.CCC(C)(C)C(=O)OCOC1CCCCCC1.CCC(C)C(=O)OCOC1CCCC1.CCC(C)C(=O)OCOC1CCCCCC1. The molecule has 0 radical (unpaired) electrons. The second kappa shape index (κ2) is 52.1. The average molecular weight is 1520 g/mol. The maximum atomic E-state index is 12.8. The van der Waals surface area contributed by atoms with Gasteiger partial charge in [-0.1, -0.05) is 177 Å². The number of alkyl halides is 9. The third-order valence-electron chi connectivity index (χ3n) is 21.4. The van der Waals surface area contributed by atoms with E-state index < -0.39 is 78.5 Å². The Morgan fingerprint density at radius 3 is 0.625 bits per heavy atom. The molecule has 612 valence electrons. The standard InChI is InChI=1S/C14H23F3O3.C14H26O3.C13H21F3O3.C13H24O3.C12H19F3O3.C11H20O3/c1-3-13(2,14(15,16)17)12(18)20-10-19-11-8-6-4-5-7-9-11;1-4-14(2,3)13(15)17-11-16-12-9-7-5-6-8-10-12;1-3-12(2,13(14,15)16)11(17)19-9-18-10-7-5-4-6-8-10;1-3-11(2)13(14)16-10-15-12-8-6-4-5-7-9-12;1-3-11(2,12(13,14)15)10(16)18-8-17-9-6-4-5-7-9;1-3-9(2)11(12)14-8-13-10-6-4-5-7-10/h11H,3-10H2,1-2H3;12H,4-11H2,1-3H3;10H,3-9H2,1-2H3;11-12H,3-10H2,1-2H3;9H,3-8H2,1-2H3;9-10H,3-8H2,1-2H3. The molecular formula is C77H133F9O18. The van der Waals surface area contributed by atoms with Gasteiger partial charge in [0.25, 0.3) is 0 Å². The Morgan fingerprint density at radius 1 is 0.279 bits per heavy atom. The zero-order chi connectivity index (χ0) is 78.5. The van der Waals surface area contributed by atoms with Gasteiger partial charge >= 0.3 is 54.3 Å². The molecule has 0 spiro atoms. The topological polar surface area (TPSA) is 213 Å². The number of carbonyl (C=O) groups is 6. The predicted molar refractivity (Wildman–Crippen MR) is 374 cm³/mol. The van der Waals surface area contributed by atoms with Crippen LogP contribution in [0, 0.1) is 33.5 Å². The van der Waals surface area contributed by atoms with Gasteiger partial charge in [0.05, 0.1) is 53.9 Å². The van der Waals surface area contributed by atoms with Crippen molar-refractivity contribution in [2.24, 2.45) is 33.5 Å². The van der Waals surface area contributed by atoms with Crippen molar-refractivity contribution in [3.8, 4) is 0 Å². The van der Waals surface area contributed by atoms with E-state index in [0.29, 0.717) is 12.2 Å². The molecule has 6 saturated carbocycles. The number of hydrogen-bond acceptors (Lipinski definition) is 18. The van der Waals surface area contributed by atoms with Crippen molar-refractivity contribution in [2.75, 3.05) is 40.8 Å². The summed E-state index contributed by atoms with van der Waals surface area (Å²) in [5.41, 5.74) is -7.76. The summed E-state index contributed by atoms with van der Waals surface area (Å²) in [5, 5.41) is 0. The van der Waals surface area contributed by atoms with Crippen molar-refractivity contribution in [1.29, 1.82) is 0 Å². The highest BCUT2D eigenvalue weighted by atomic mass is 19.4. The Hall–Kier alpha value is -4.05. The molecule has 6 aliphatic rings. The largest absolute Gasteiger partial charge is 0.438 e. The molecule has 0 heterocycles. The molecule has 0 aromatic heterocycles. The van der Waals surface area contributed by atoms with E-state index in [9.17, 15) is 68.3 Å². The fourth-order valence-corrected chi connectivity index (χ4v) is 11.5. The first-order valence-corrected chi connectivity index (χ1v) is 38.9. The highest BCUT2D eigenvalue weighted by Gasteiger charge is 2.58. The van der Waals surface area contributed by atoms with E-state index in [4.69, 9.17) is 42.6 Å². The fraction of sp³-hybridized carbons (Fsp3) is 0.922. The van der Waals surface area contributed by atoms with Crippen molar-refractivity contribution in [2.45, 2.75) is 383 Å². The Balaban J connectivity index is 0.000000626. The highest BCUT2D eigenvalue weighted by Crippen LogP contribution is 2.44. The normalized spacial score (nSPS) is 20.2. The second-order valence-corrected chi connectivity index (χ2v) is 29.7. The summed E-state index contributed by atoms with van der Waals surface area (Å²) in [7, 11) is 0. The van der Waals surface area contributed by atoms with E-state index in [1.54, 1.807) is 0 Å². The van der Waals surface area contributed by atoms with Gasteiger partial charge in [-0.15, -0.1) is 0 Å². The van der Waals surface area contributed by atoms with Crippen molar-refractivity contribution >= 4 is 35.8 Å². The Kier molecular flexibility index (Phi) is 49.1. The van der Waals surface area contributed by atoms with Crippen LogP contribution >= 0.6 is 0 Å². The lowest BCUT2D eigenvalue weighted by molar-refractivity contribution is -0.238. The number of esters is 6. The summed E-state index contributed by atoms with van der Waals surface area (Å²) >= 11 is 0. The zero-order valence-electron chi connectivity index (χ0n) is 65.3. The van der Waals surface area contributed by atoms with Gasteiger partial charge < -0.3 is 56.8 Å². The molecule has 0 aromatic carbocycles. The van der Waals surface area contributed by atoms with Crippen molar-refractivity contribution < 1.29 is 125 Å². The lowest BCUT2D eigenvalue weighted by atomic mass is 9.87. The first-order valence-electron chi connectivity index (χ1n) is 38.9. The minimum Gasteiger partial charge on any atom is -0.438 e. The minimum absolute atomic E-state index is 0.000296. The fourth-order valence-electron chi connectivity index (χ4n) is 11.5. The van der Waals surface area contributed by atoms with Crippen LogP contribution in [0.15, 0.2) is 0 Å². The summed E-state index contributed by atoms with van der Waals surface area (Å²) in [6.07, 6.45) is 22.8. The molecule has 5 atom stereocenters. The van der Waals surface area contributed by atoms with Gasteiger partial charge in [-0.3, -0.25) is 28.8 Å². The molecule has 0 N–H and O–H groups in total. The molecule has 5 unspecified atom stereocenters. The smallest absolute Gasteiger partial charge is 0.404 e. The molecule has 6 fully saturated rings. The molecule has 0 aromatic rings. The van der Waals surface area contributed by atoms with Gasteiger partial charge in [0, 0.05) is 0 Å². The van der Waals surface area contributed by atoms with E-state index in [1.165, 1.54) is 85.0 Å². The molecule has 0 aliphatic heterocycles. The third-order valence-corrected chi connectivity index (χ3v) is 21.4. The zero-order valence-corrected chi connectivity index (χ0v) is 65.3. The van der Waals surface area contributed by atoms with Crippen LogP contribution in [-0.2, 0) is 85.6 Å². The molecular weight excluding hydrogens is 1380 g/mol. The van der Waals surface area contributed by atoms with Gasteiger partial charge in [-0.2, -0.15) is 39.5 Å². The number of ether oxygens (including phenoxy) is 12. The predicted octanol–water partition coefficient (Wildman–Crippen LogP) is 20.9. The van der Waals surface area contributed by atoms with Crippen LogP contribution in [0.1, 0.15) is 328 Å². The number of rotatable bonds is 30. The minimum atomic E-state index is -4.61. The Morgan fingerprint density at radius 2 is 0.452 bits per heavy atom. The van der Waals surface area contributed by atoms with Gasteiger partial charge in [-0.05, 0) is 150 Å². The molecule has 6 rings (SSSR count). The van der Waals surface area contributed by atoms with Gasteiger partial charge in [0.15, 0.2) is 57.0 Å². The Labute approximate surface area is 615 Å². The van der Waals surface area contributed by atoms with Crippen LogP contribution in [0.2, 0.25) is 0 Å². The van der Waals surface area contributed by atoms with Crippen molar-refractivity contribution in [3.63, 3.8) is 0 Å². The lowest BCUT2D eigenvalue weighted by Crippen LogP contribution is -2.43. The van der Waals surface area contributed by atoms with E-state index in [1.807, 2.05) is 48.5 Å². The van der Waals surface area contributed by atoms with E-state index >= 15 is 0 Å². The van der Waals surface area contributed by atoms with Crippen LogP contribution in [0.3, 0.4) is 0 Å². The third kappa shape index (κ3) is 37.9. The highest BCUT2D eigenvalue weighted by molar-refractivity contribution is 5.78. The van der Waals surface area contributed by atoms with Gasteiger partial charge in [0.1, 0.15) is 0 Å². The number of carbonyl (C=O) groups excluding carboxylic acids is 6. The molecule has 0 saturated heterocycles. The van der Waals surface area contributed by atoms with Crippen LogP contribution < -0.4 is 0 Å². The molecule has 18 nitrogen and oxygen atoms in total. The number of halogens is 9. The first kappa shape index (κ1) is 98.0. The lowest BCUT2D eigenvalue weighted by Gasteiger charge is -2.29. The average Bonchev–Trinajstić information content (AvgIpc) is 0.923. The molecule has 0 amide bonds. The van der Waals surface area contributed by atoms with Crippen LogP contribution in [0.4, 0.5) is 39.5 Å². The molecule has 0 bridgehead atoms. The van der Waals surface area contributed by atoms with Gasteiger partial charge in [-0.25, -0.2) is 0 Å². The van der Waals surface area contributed by atoms with E-state index in [-0.39, 0.29) is 93.8 Å². The molecule has 104 heavy (non-hydrogen) atoms. The summed E-state index contributed by atoms with van der Waals surface area (Å²) in [4.78, 5) is 69.0. The van der Waals surface area contributed by atoms with Crippen molar-refractivity contribution in [3.05, 3.63) is 0 Å². The Bertz CT molecular complexity index is 2300. The maximum Gasteiger partial charge on any atom is 0.404 e. The van der Waals surface area contributed by atoms with Crippen molar-refractivity contribution in [1.82, 2.24) is 0 Å². The molecule has 6 aliphatic carbocycles. The van der Waals surface area contributed by atoms with Gasteiger partial charge in [0.2, 0.25) is 0 Å². The molecule has 27 heteroatoms. The monoisotopic (exact) mass is 1520 g/mol.